The Kier molecular flexibility index (Phi) is 2.57. The minimum atomic E-state index is 0.868. The monoisotopic (exact) mass is 229 g/mol. The Hall–Kier alpha value is -1.81. The van der Waals surface area contributed by atoms with Crippen molar-refractivity contribution < 1.29 is 4.74 Å². The molecule has 3 rings (SSSR count). The normalized spacial score (nSPS) is 14.4. The average molecular weight is 229 g/mol. The second-order valence-electron chi connectivity index (χ2n) is 4.17. The molecule has 4 nitrogen and oxygen atoms in total. The quantitative estimate of drug-likeness (QED) is 0.848. The number of hydrogen-bond donors (Lipinski definition) is 1. The van der Waals surface area contributed by atoms with Crippen LogP contribution in [0.15, 0.2) is 30.5 Å². The fourth-order valence-corrected chi connectivity index (χ4v) is 2.10. The van der Waals surface area contributed by atoms with Crippen LogP contribution in [0.4, 0.5) is 0 Å². The molecular formula is C13H15N3O. The summed E-state index contributed by atoms with van der Waals surface area (Å²) in [6.45, 7) is 1.92. The van der Waals surface area contributed by atoms with Crippen LogP contribution in [-0.2, 0) is 13.0 Å². The number of ether oxygens (including phenoxy) is 1. The molecule has 0 amide bonds. The number of fused-ring (bicyclic) bond motifs is 1. The van der Waals surface area contributed by atoms with E-state index in [9.17, 15) is 0 Å². The van der Waals surface area contributed by atoms with E-state index in [4.69, 9.17) is 4.74 Å². The maximum Gasteiger partial charge on any atom is 0.119 e. The number of aromatic nitrogens is 2. The van der Waals surface area contributed by atoms with Gasteiger partial charge in [-0.05, 0) is 42.8 Å². The van der Waals surface area contributed by atoms with Crippen LogP contribution in [0.3, 0.4) is 0 Å². The highest BCUT2D eigenvalue weighted by Gasteiger charge is 2.13. The van der Waals surface area contributed by atoms with Gasteiger partial charge in [0.05, 0.1) is 18.5 Å². The van der Waals surface area contributed by atoms with E-state index in [1.165, 1.54) is 5.56 Å². The SMILES string of the molecule is COc1ccc(-n2cc3c(n2)CNCC3)cc1. The molecule has 0 saturated heterocycles. The second-order valence-corrected chi connectivity index (χ2v) is 4.17. The molecule has 0 radical (unpaired) electrons. The molecule has 0 fully saturated rings. The predicted molar refractivity (Wildman–Crippen MR) is 65.5 cm³/mol. The molecule has 0 unspecified atom stereocenters. The zero-order valence-corrected chi connectivity index (χ0v) is 9.81. The van der Waals surface area contributed by atoms with Gasteiger partial charge in [-0.15, -0.1) is 0 Å². The van der Waals surface area contributed by atoms with Crippen molar-refractivity contribution in [3.05, 3.63) is 41.7 Å². The van der Waals surface area contributed by atoms with Crippen LogP contribution >= 0.6 is 0 Å². The third-order valence-corrected chi connectivity index (χ3v) is 3.08. The molecule has 1 N–H and O–H groups in total. The molecule has 0 aliphatic carbocycles. The van der Waals surface area contributed by atoms with Crippen LogP contribution in [0, 0.1) is 0 Å². The summed E-state index contributed by atoms with van der Waals surface area (Å²) in [4.78, 5) is 0. The molecule has 0 saturated carbocycles. The summed E-state index contributed by atoms with van der Waals surface area (Å²) < 4.78 is 7.09. The standard InChI is InChI=1S/C13H15N3O/c1-17-12-4-2-11(3-5-12)16-9-10-6-7-14-8-13(10)15-16/h2-5,9,14H,6-8H2,1H3. The van der Waals surface area contributed by atoms with E-state index in [0.717, 1.165) is 36.6 Å². The molecule has 2 heterocycles. The van der Waals surface area contributed by atoms with Gasteiger partial charge in [-0.1, -0.05) is 0 Å². The van der Waals surface area contributed by atoms with E-state index in [1.54, 1.807) is 7.11 Å². The number of rotatable bonds is 2. The molecule has 1 aliphatic heterocycles. The molecule has 1 aromatic heterocycles. The van der Waals surface area contributed by atoms with Crippen molar-refractivity contribution in [2.45, 2.75) is 13.0 Å². The lowest BCUT2D eigenvalue weighted by molar-refractivity contribution is 0.414. The van der Waals surface area contributed by atoms with Gasteiger partial charge in [0.25, 0.3) is 0 Å². The summed E-state index contributed by atoms with van der Waals surface area (Å²) in [6.07, 6.45) is 3.18. The first-order chi connectivity index (χ1) is 8.36. The third kappa shape index (κ3) is 1.91. The van der Waals surface area contributed by atoms with Gasteiger partial charge < -0.3 is 10.1 Å². The zero-order valence-electron chi connectivity index (χ0n) is 9.81. The minimum absolute atomic E-state index is 0.868. The molecule has 2 aromatic rings. The average Bonchev–Trinajstić information content (AvgIpc) is 2.82. The van der Waals surface area contributed by atoms with Crippen LogP contribution in [0.2, 0.25) is 0 Å². The van der Waals surface area contributed by atoms with Crippen LogP contribution in [0.5, 0.6) is 5.75 Å². The molecule has 17 heavy (non-hydrogen) atoms. The number of benzene rings is 1. The Bertz CT molecular complexity index is 492. The number of nitrogens with zero attached hydrogens (tertiary/aromatic N) is 2. The van der Waals surface area contributed by atoms with Gasteiger partial charge in [-0.2, -0.15) is 5.10 Å². The lowest BCUT2D eigenvalue weighted by atomic mass is 10.1. The summed E-state index contributed by atoms with van der Waals surface area (Å²) >= 11 is 0. The van der Waals surface area contributed by atoms with Gasteiger partial charge in [0.2, 0.25) is 0 Å². The van der Waals surface area contributed by atoms with Crippen molar-refractivity contribution >= 4 is 0 Å². The summed E-state index contributed by atoms with van der Waals surface area (Å²) in [5.41, 5.74) is 3.58. The van der Waals surface area contributed by atoms with Crippen LogP contribution in [0.25, 0.3) is 5.69 Å². The fraction of sp³-hybridized carbons (Fsp3) is 0.308. The smallest absolute Gasteiger partial charge is 0.119 e. The van der Waals surface area contributed by atoms with Gasteiger partial charge in [-0.3, -0.25) is 0 Å². The summed E-state index contributed by atoms with van der Waals surface area (Å²) in [5.74, 6) is 0.868. The maximum absolute atomic E-state index is 5.15. The van der Waals surface area contributed by atoms with Crippen molar-refractivity contribution in [1.82, 2.24) is 15.1 Å². The molecule has 88 valence electrons. The van der Waals surface area contributed by atoms with E-state index < -0.39 is 0 Å². The highest BCUT2D eigenvalue weighted by Crippen LogP contribution is 2.18. The predicted octanol–water partition coefficient (Wildman–Crippen LogP) is 1.53. The Morgan fingerprint density at radius 2 is 2.12 bits per heavy atom. The molecule has 1 aromatic carbocycles. The minimum Gasteiger partial charge on any atom is -0.497 e. The van der Waals surface area contributed by atoms with E-state index >= 15 is 0 Å². The lowest BCUT2D eigenvalue weighted by Gasteiger charge is -2.09. The number of methoxy groups -OCH3 is 1. The van der Waals surface area contributed by atoms with Gasteiger partial charge in [-0.25, -0.2) is 4.68 Å². The molecule has 0 bridgehead atoms. The van der Waals surface area contributed by atoms with Gasteiger partial charge in [0.15, 0.2) is 0 Å². The molecule has 0 atom stereocenters. The summed E-state index contributed by atoms with van der Waals surface area (Å²) in [5, 5.41) is 7.92. The topological polar surface area (TPSA) is 39.1 Å². The van der Waals surface area contributed by atoms with E-state index in [0.29, 0.717) is 0 Å². The highest BCUT2D eigenvalue weighted by molar-refractivity contribution is 5.38. The summed E-state index contributed by atoms with van der Waals surface area (Å²) in [6, 6.07) is 7.94. The lowest BCUT2D eigenvalue weighted by Crippen LogP contribution is -2.22. The zero-order chi connectivity index (χ0) is 11.7. The molecule has 1 aliphatic rings. The number of nitrogens with one attached hydrogen (secondary N) is 1. The van der Waals surface area contributed by atoms with Crippen LogP contribution in [-0.4, -0.2) is 23.4 Å². The van der Waals surface area contributed by atoms with Crippen molar-refractivity contribution in [1.29, 1.82) is 0 Å². The van der Waals surface area contributed by atoms with Crippen LogP contribution < -0.4 is 10.1 Å². The van der Waals surface area contributed by atoms with Crippen molar-refractivity contribution in [3.63, 3.8) is 0 Å². The Labute approximate surface area is 100 Å². The molecule has 0 spiro atoms. The summed E-state index contributed by atoms with van der Waals surface area (Å²) in [7, 11) is 1.67. The first-order valence-corrected chi connectivity index (χ1v) is 5.79. The first kappa shape index (κ1) is 10.4. The molecular weight excluding hydrogens is 214 g/mol. The van der Waals surface area contributed by atoms with Gasteiger partial charge >= 0.3 is 0 Å². The molecule has 4 heteroatoms. The number of hydrogen-bond acceptors (Lipinski definition) is 3. The van der Waals surface area contributed by atoms with Crippen LogP contribution in [0.1, 0.15) is 11.3 Å². The Morgan fingerprint density at radius 3 is 2.82 bits per heavy atom. The largest absolute Gasteiger partial charge is 0.497 e. The maximum atomic E-state index is 5.15. The Balaban J connectivity index is 1.94. The van der Waals surface area contributed by atoms with Gasteiger partial charge in [0.1, 0.15) is 5.75 Å². The van der Waals surface area contributed by atoms with Crippen molar-refractivity contribution in [2.75, 3.05) is 13.7 Å². The third-order valence-electron chi connectivity index (χ3n) is 3.08. The van der Waals surface area contributed by atoms with E-state index in [2.05, 4.69) is 16.6 Å². The Morgan fingerprint density at radius 1 is 1.29 bits per heavy atom. The van der Waals surface area contributed by atoms with Crippen molar-refractivity contribution in [2.24, 2.45) is 0 Å². The van der Waals surface area contributed by atoms with Crippen molar-refractivity contribution in [3.8, 4) is 11.4 Å². The second kappa shape index (κ2) is 4.22. The van der Waals surface area contributed by atoms with E-state index in [-0.39, 0.29) is 0 Å². The first-order valence-electron chi connectivity index (χ1n) is 5.79. The van der Waals surface area contributed by atoms with Gasteiger partial charge in [0, 0.05) is 12.7 Å². The fourth-order valence-electron chi connectivity index (χ4n) is 2.10. The van der Waals surface area contributed by atoms with E-state index in [1.807, 2.05) is 28.9 Å². The highest BCUT2D eigenvalue weighted by atomic mass is 16.5.